The summed E-state index contributed by atoms with van der Waals surface area (Å²) in [4.78, 5) is 16.3. The van der Waals surface area contributed by atoms with Crippen molar-refractivity contribution in [2.75, 3.05) is 26.7 Å². The van der Waals surface area contributed by atoms with Crippen molar-refractivity contribution in [3.05, 3.63) is 17.0 Å². The molecule has 1 aliphatic heterocycles. The molecule has 0 unspecified atom stereocenters. The fraction of sp³-hybridized carbons (Fsp3) is 0.545. The highest BCUT2D eigenvalue weighted by atomic mass is 32.2. The molecule has 1 fully saturated rings. The van der Waals surface area contributed by atoms with E-state index in [0.29, 0.717) is 12.1 Å². The first kappa shape index (κ1) is 14.4. The fourth-order valence-electron chi connectivity index (χ4n) is 2.19. The van der Waals surface area contributed by atoms with E-state index in [-0.39, 0.29) is 16.2 Å². The molecule has 2 N–H and O–H groups in total. The minimum atomic E-state index is -3.73. The van der Waals surface area contributed by atoms with Crippen LogP contribution in [0.15, 0.2) is 15.7 Å². The molecule has 1 saturated heterocycles. The van der Waals surface area contributed by atoms with Crippen LogP contribution in [0, 0.1) is 0 Å². The van der Waals surface area contributed by atoms with Crippen LogP contribution in [0.5, 0.6) is 0 Å². The smallest absolute Gasteiger partial charge is 0.255 e. The molecule has 1 atom stereocenters. The van der Waals surface area contributed by atoms with Gasteiger partial charge in [-0.1, -0.05) is 0 Å². The summed E-state index contributed by atoms with van der Waals surface area (Å²) in [6, 6.07) is 1.47. The topological polar surface area (TPSA) is 83.7 Å². The molecule has 0 aliphatic carbocycles. The Morgan fingerprint density at radius 1 is 1.47 bits per heavy atom. The highest BCUT2D eigenvalue weighted by molar-refractivity contribution is 7.91. The predicted molar refractivity (Wildman–Crippen MR) is 73.7 cm³/mol. The van der Waals surface area contributed by atoms with Gasteiger partial charge in [-0.15, -0.1) is 11.3 Å². The molecule has 0 spiro atoms. The van der Waals surface area contributed by atoms with Crippen LogP contribution in [0.3, 0.4) is 0 Å². The van der Waals surface area contributed by atoms with Crippen LogP contribution in [0.4, 0.5) is 0 Å². The van der Waals surface area contributed by atoms with Crippen LogP contribution in [0.2, 0.25) is 0 Å². The molecule has 0 radical (unpaired) electrons. The zero-order valence-corrected chi connectivity index (χ0v) is 12.5. The van der Waals surface area contributed by atoms with Crippen LogP contribution < -0.4 is 5.14 Å². The first-order valence-electron chi connectivity index (χ1n) is 5.90. The maximum atomic E-state index is 12.3. The molecule has 8 heteroatoms. The Bertz CT molecular complexity index is 582. The van der Waals surface area contributed by atoms with Crippen LogP contribution >= 0.6 is 11.3 Å². The zero-order valence-electron chi connectivity index (χ0n) is 10.9. The standard InChI is InChI=1S/C11H17N3O3S2/c1-8-6-13(2)3-4-14(8)11(15)9-5-10(18-7-9)19(12,16)17/h5,7-8H,3-4,6H2,1-2H3,(H2,12,16,17)/t8-/m1/s1. The number of carbonyl (C=O) groups is 1. The Hall–Kier alpha value is -0.960. The van der Waals surface area contributed by atoms with Crippen molar-refractivity contribution in [2.24, 2.45) is 5.14 Å². The summed E-state index contributed by atoms with van der Waals surface area (Å²) >= 11 is 0.980. The lowest BCUT2D eigenvalue weighted by Gasteiger charge is -2.38. The molecular formula is C11H17N3O3S2. The molecule has 2 heterocycles. The largest absolute Gasteiger partial charge is 0.333 e. The van der Waals surface area contributed by atoms with Crippen molar-refractivity contribution in [1.29, 1.82) is 0 Å². The number of likely N-dealkylation sites (N-methyl/N-ethyl adjacent to an activating group) is 1. The van der Waals surface area contributed by atoms with E-state index in [1.807, 2.05) is 14.0 Å². The highest BCUT2D eigenvalue weighted by Gasteiger charge is 2.27. The number of carbonyl (C=O) groups excluding carboxylic acids is 1. The van der Waals surface area contributed by atoms with E-state index in [1.54, 1.807) is 10.3 Å². The third-order valence-corrected chi connectivity index (χ3v) is 5.58. The molecule has 2 rings (SSSR count). The van der Waals surface area contributed by atoms with Gasteiger partial charge in [0.15, 0.2) is 0 Å². The zero-order chi connectivity index (χ0) is 14.2. The number of piperazine rings is 1. The molecule has 1 aromatic rings. The van der Waals surface area contributed by atoms with Gasteiger partial charge >= 0.3 is 0 Å². The average Bonchev–Trinajstić information content (AvgIpc) is 2.76. The number of nitrogens with two attached hydrogens (primary N) is 1. The van der Waals surface area contributed by atoms with E-state index in [2.05, 4.69) is 4.90 Å². The Balaban J connectivity index is 2.18. The van der Waals surface area contributed by atoms with E-state index in [9.17, 15) is 13.2 Å². The van der Waals surface area contributed by atoms with Gasteiger partial charge in [0.2, 0.25) is 10.0 Å². The second-order valence-electron chi connectivity index (χ2n) is 4.81. The van der Waals surface area contributed by atoms with E-state index < -0.39 is 10.0 Å². The number of primary sulfonamides is 1. The van der Waals surface area contributed by atoms with Crippen molar-refractivity contribution >= 4 is 27.3 Å². The van der Waals surface area contributed by atoms with Crippen molar-refractivity contribution in [3.8, 4) is 0 Å². The Morgan fingerprint density at radius 3 is 2.68 bits per heavy atom. The van der Waals surface area contributed by atoms with E-state index in [4.69, 9.17) is 5.14 Å². The third-order valence-electron chi connectivity index (χ3n) is 3.19. The van der Waals surface area contributed by atoms with E-state index in [0.717, 1.165) is 24.4 Å². The summed E-state index contributed by atoms with van der Waals surface area (Å²) < 4.78 is 22.4. The van der Waals surface area contributed by atoms with Gasteiger partial charge in [0, 0.05) is 31.1 Å². The Labute approximate surface area is 116 Å². The van der Waals surface area contributed by atoms with Crippen LogP contribution in [-0.2, 0) is 10.0 Å². The van der Waals surface area contributed by atoms with Gasteiger partial charge < -0.3 is 9.80 Å². The second-order valence-corrected chi connectivity index (χ2v) is 7.51. The van der Waals surface area contributed by atoms with Gasteiger partial charge in [0.05, 0.1) is 5.56 Å². The van der Waals surface area contributed by atoms with Crippen LogP contribution in [0.25, 0.3) is 0 Å². The lowest BCUT2D eigenvalue weighted by atomic mass is 10.1. The number of amides is 1. The predicted octanol–water partition coefficient (Wildman–Crippen LogP) is 0.172. The van der Waals surface area contributed by atoms with Crippen molar-refractivity contribution in [3.63, 3.8) is 0 Å². The molecule has 106 valence electrons. The molecule has 0 aromatic carbocycles. The Kier molecular flexibility index (Phi) is 3.95. The number of hydrogen-bond acceptors (Lipinski definition) is 5. The molecular weight excluding hydrogens is 286 g/mol. The van der Waals surface area contributed by atoms with Crippen LogP contribution in [-0.4, -0.2) is 56.8 Å². The molecule has 0 saturated carbocycles. The highest BCUT2D eigenvalue weighted by Crippen LogP contribution is 2.21. The minimum absolute atomic E-state index is 0.0256. The summed E-state index contributed by atoms with van der Waals surface area (Å²) in [6.07, 6.45) is 0. The molecule has 1 amide bonds. The normalized spacial score (nSPS) is 21.6. The quantitative estimate of drug-likeness (QED) is 0.844. The number of thiophene rings is 1. The molecule has 1 aliphatic rings. The first-order chi connectivity index (χ1) is 8.79. The molecule has 0 bridgehead atoms. The van der Waals surface area contributed by atoms with Crippen LogP contribution in [0.1, 0.15) is 17.3 Å². The molecule has 6 nitrogen and oxygen atoms in total. The average molecular weight is 303 g/mol. The van der Waals surface area contributed by atoms with Gasteiger partial charge in [0.1, 0.15) is 4.21 Å². The summed E-state index contributed by atoms with van der Waals surface area (Å²) in [5, 5.41) is 6.59. The van der Waals surface area contributed by atoms with Crippen molar-refractivity contribution < 1.29 is 13.2 Å². The number of nitrogens with zero attached hydrogens (tertiary/aromatic N) is 2. The minimum Gasteiger partial charge on any atom is -0.333 e. The second kappa shape index (κ2) is 5.20. The SMILES string of the molecule is C[C@@H]1CN(C)CCN1C(=O)c1csc(S(N)(=O)=O)c1. The third kappa shape index (κ3) is 3.14. The molecule has 19 heavy (non-hydrogen) atoms. The lowest BCUT2D eigenvalue weighted by Crippen LogP contribution is -2.52. The van der Waals surface area contributed by atoms with E-state index >= 15 is 0 Å². The number of sulfonamides is 1. The molecule has 1 aromatic heterocycles. The Morgan fingerprint density at radius 2 is 2.16 bits per heavy atom. The summed E-state index contributed by atoms with van der Waals surface area (Å²) in [5.74, 6) is -0.133. The monoisotopic (exact) mass is 303 g/mol. The summed E-state index contributed by atoms with van der Waals surface area (Å²) in [6.45, 7) is 4.28. The van der Waals surface area contributed by atoms with Gasteiger partial charge in [-0.3, -0.25) is 4.79 Å². The van der Waals surface area contributed by atoms with Crippen molar-refractivity contribution in [1.82, 2.24) is 9.80 Å². The number of rotatable bonds is 2. The van der Waals surface area contributed by atoms with E-state index in [1.165, 1.54) is 6.07 Å². The van der Waals surface area contributed by atoms with Gasteiger partial charge in [-0.25, -0.2) is 13.6 Å². The van der Waals surface area contributed by atoms with Gasteiger partial charge in [-0.2, -0.15) is 0 Å². The fourth-order valence-corrected chi connectivity index (χ4v) is 3.76. The van der Waals surface area contributed by atoms with Gasteiger partial charge in [0.25, 0.3) is 5.91 Å². The summed E-state index contributed by atoms with van der Waals surface area (Å²) in [7, 11) is -1.71. The van der Waals surface area contributed by atoms with Crippen molar-refractivity contribution in [2.45, 2.75) is 17.2 Å². The summed E-state index contributed by atoms with van der Waals surface area (Å²) in [5.41, 5.74) is 0.394. The maximum absolute atomic E-state index is 12.3. The number of hydrogen-bond donors (Lipinski definition) is 1. The van der Waals surface area contributed by atoms with Gasteiger partial charge in [-0.05, 0) is 20.0 Å². The first-order valence-corrected chi connectivity index (χ1v) is 8.32. The maximum Gasteiger partial charge on any atom is 0.255 e. The lowest BCUT2D eigenvalue weighted by molar-refractivity contribution is 0.0534.